The van der Waals surface area contributed by atoms with E-state index in [1.54, 1.807) is 19.1 Å². The van der Waals surface area contributed by atoms with Gasteiger partial charge in [-0.25, -0.2) is 4.39 Å². The molecule has 0 aromatic heterocycles. The molecule has 1 atom stereocenters. The van der Waals surface area contributed by atoms with Gasteiger partial charge in [-0.2, -0.15) is 0 Å². The maximum Gasteiger partial charge on any atom is 0.239 e. The highest BCUT2D eigenvalue weighted by atomic mass is 19.1. The standard InChI is InChI=1S/C12H17FN2O2/c1-8-3-4-9(5-10(8)13)6-15-12(16)11(14)7-17-2/h3-5,11H,6-7,14H2,1-2H3,(H,15,16). The number of carbonyl (C=O) groups is 1. The van der Waals surface area contributed by atoms with E-state index in [0.717, 1.165) is 0 Å². The monoisotopic (exact) mass is 240 g/mol. The van der Waals surface area contributed by atoms with Crippen LogP contribution in [0.1, 0.15) is 11.1 Å². The third-order valence-corrected chi connectivity index (χ3v) is 2.39. The van der Waals surface area contributed by atoms with Gasteiger partial charge in [-0.3, -0.25) is 4.79 Å². The fourth-order valence-electron chi connectivity index (χ4n) is 1.32. The van der Waals surface area contributed by atoms with Gasteiger partial charge >= 0.3 is 0 Å². The highest BCUT2D eigenvalue weighted by molar-refractivity contribution is 5.81. The van der Waals surface area contributed by atoms with Crippen LogP contribution in [0.4, 0.5) is 4.39 Å². The van der Waals surface area contributed by atoms with Gasteiger partial charge in [0.1, 0.15) is 11.9 Å². The van der Waals surface area contributed by atoms with E-state index < -0.39 is 6.04 Å². The second-order valence-electron chi connectivity index (χ2n) is 3.86. The second-order valence-corrected chi connectivity index (χ2v) is 3.86. The van der Waals surface area contributed by atoms with Gasteiger partial charge < -0.3 is 15.8 Å². The maximum absolute atomic E-state index is 13.2. The molecule has 1 unspecified atom stereocenters. The zero-order valence-electron chi connectivity index (χ0n) is 10.00. The molecule has 0 heterocycles. The van der Waals surface area contributed by atoms with Crippen molar-refractivity contribution in [3.63, 3.8) is 0 Å². The lowest BCUT2D eigenvalue weighted by atomic mass is 10.1. The first-order valence-electron chi connectivity index (χ1n) is 5.32. The average Bonchev–Trinajstić information content (AvgIpc) is 2.30. The molecule has 0 aliphatic heterocycles. The molecule has 17 heavy (non-hydrogen) atoms. The fourth-order valence-corrected chi connectivity index (χ4v) is 1.32. The number of nitrogens with one attached hydrogen (secondary N) is 1. The Balaban J connectivity index is 2.50. The number of amides is 1. The van der Waals surface area contributed by atoms with Crippen molar-refractivity contribution in [3.05, 3.63) is 35.1 Å². The molecule has 3 N–H and O–H groups in total. The highest BCUT2D eigenvalue weighted by Crippen LogP contribution is 2.08. The van der Waals surface area contributed by atoms with Crippen LogP contribution in [0.2, 0.25) is 0 Å². The first-order chi connectivity index (χ1) is 8.04. The lowest BCUT2D eigenvalue weighted by Crippen LogP contribution is -2.43. The van der Waals surface area contributed by atoms with Gasteiger partial charge in [-0.1, -0.05) is 12.1 Å². The van der Waals surface area contributed by atoms with Crippen LogP contribution in [0, 0.1) is 12.7 Å². The lowest BCUT2D eigenvalue weighted by molar-refractivity contribution is -0.123. The third kappa shape index (κ3) is 4.13. The van der Waals surface area contributed by atoms with Crippen molar-refractivity contribution in [3.8, 4) is 0 Å². The van der Waals surface area contributed by atoms with E-state index in [2.05, 4.69) is 5.32 Å². The Bertz CT molecular complexity index is 396. The molecule has 1 rings (SSSR count). The third-order valence-electron chi connectivity index (χ3n) is 2.39. The van der Waals surface area contributed by atoms with Gasteiger partial charge in [-0.05, 0) is 24.1 Å². The molecule has 1 aromatic rings. The number of carbonyl (C=O) groups excluding carboxylic acids is 1. The van der Waals surface area contributed by atoms with Crippen molar-refractivity contribution in [1.29, 1.82) is 0 Å². The number of rotatable bonds is 5. The number of methoxy groups -OCH3 is 1. The van der Waals surface area contributed by atoms with Crippen molar-refractivity contribution in [2.45, 2.75) is 19.5 Å². The average molecular weight is 240 g/mol. The predicted molar refractivity (Wildman–Crippen MR) is 62.8 cm³/mol. The Morgan fingerprint density at radius 3 is 2.88 bits per heavy atom. The smallest absolute Gasteiger partial charge is 0.239 e. The van der Waals surface area contributed by atoms with E-state index >= 15 is 0 Å². The number of benzene rings is 1. The first kappa shape index (κ1) is 13.6. The summed E-state index contributed by atoms with van der Waals surface area (Å²) in [4.78, 5) is 11.4. The summed E-state index contributed by atoms with van der Waals surface area (Å²) < 4.78 is 18.0. The van der Waals surface area contributed by atoms with E-state index in [1.807, 2.05) is 0 Å². The van der Waals surface area contributed by atoms with Crippen LogP contribution in [-0.2, 0) is 16.1 Å². The Hall–Kier alpha value is -1.46. The molecule has 1 aromatic carbocycles. The summed E-state index contributed by atoms with van der Waals surface area (Å²) in [6.07, 6.45) is 0. The van der Waals surface area contributed by atoms with Crippen LogP contribution in [-0.4, -0.2) is 25.7 Å². The molecule has 4 nitrogen and oxygen atoms in total. The SMILES string of the molecule is COCC(N)C(=O)NCc1ccc(C)c(F)c1. The number of hydrogen-bond acceptors (Lipinski definition) is 3. The zero-order chi connectivity index (χ0) is 12.8. The van der Waals surface area contributed by atoms with Crippen LogP contribution in [0.5, 0.6) is 0 Å². The quantitative estimate of drug-likeness (QED) is 0.797. The molecular formula is C12H17FN2O2. The van der Waals surface area contributed by atoms with Gasteiger partial charge in [-0.15, -0.1) is 0 Å². The molecule has 0 aliphatic carbocycles. The minimum absolute atomic E-state index is 0.161. The molecule has 0 aliphatic rings. The molecule has 0 saturated carbocycles. The molecule has 0 radical (unpaired) electrons. The molecule has 0 fully saturated rings. The van der Waals surface area contributed by atoms with E-state index in [4.69, 9.17) is 10.5 Å². The van der Waals surface area contributed by atoms with Crippen molar-refractivity contribution >= 4 is 5.91 Å². The van der Waals surface area contributed by atoms with Gasteiger partial charge in [0.2, 0.25) is 5.91 Å². The number of halogens is 1. The van der Waals surface area contributed by atoms with Gasteiger partial charge in [0, 0.05) is 13.7 Å². The van der Waals surface area contributed by atoms with Crippen molar-refractivity contribution < 1.29 is 13.9 Å². The summed E-state index contributed by atoms with van der Waals surface area (Å²) in [6, 6.07) is 4.14. The van der Waals surface area contributed by atoms with Crippen LogP contribution in [0.3, 0.4) is 0 Å². The Kier molecular flexibility index (Phi) is 5.06. The van der Waals surface area contributed by atoms with Gasteiger partial charge in [0.25, 0.3) is 0 Å². The summed E-state index contributed by atoms with van der Waals surface area (Å²) in [5, 5.41) is 2.62. The van der Waals surface area contributed by atoms with Crippen molar-refractivity contribution in [2.24, 2.45) is 5.73 Å². The summed E-state index contributed by atoms with van der Waals surface area (Å²) in [6.45, 7) is 2.10. The number of aryl methyl sites for hydroxylation is 1. The van der Waals surface area contributed by atoms with E-state index in [-0.39, 0.29) is 24.9 Å². The minimum atomic E-state index is -0.699. The minimum Gasteiger partial charge on any atom is -0.383 e. The van der Waals surface area contributed by atoms with Crippen LogP contribution >= 0.6 is 0 Å². The fraction of sp³-hybridized carbons (Fsp3) is 0.417. The highest BCUT2D eigenvalue weighted by Gasteiger charge is 2.12. The molecule has 0 bridgehead atoms. The molecule has 1 amide bonds. The molecule has 0 saturated heterocycles. The van der Waals surface area contributed by atoms with E-state index in [1.165, 1.54) is 13.2 Å². The number of nitrogens with two attached hydrogens (primary N) is 1. The maximum atomic E-state index is 13.2. The largest absolute Gasteiger partial charge is 0.383 e. The molecule has 94 valence electrons. The summed E-state index contributed by atoms with van der Waals surface area (Å²) >= 11 is 0. The molecular weight excluding hydrogens is 223 g/mol. The van der Waals surface area contributed by atoms with E-state index in [9.17, 15) is 9.18 Å². The van der Waals surface area contributed by atoms with Crippen LogP contribution in [0.15, 0.2) is 18.2 Å². The number of hydrogen-bond donors (Lipinski definition) is 2. The van der Waals surface area contributed by atoms with Crippen molar-refractivity contribution in [2.75, 3.05) is 13.7 Å². The molecule has 5 heteroatoms. The van der Waals surface area contributed by atoms with Crippen LogP contribution in [0.25, 0.3) is 0 Å². The van der Waals surface area contributed by atoms with Gasteiger partial charge in [0.05, 0.1) is 6.61 Å². The summed E-state index contributed by atoms with van der Waals surface area (Å²) in [5.74, 6) is -0.592. The summed E-state index contributed by atoms with van der Waals surface area (Å²) in [5.41, 5.74) is 6.81. The first-order valence-corrected chi connectivity index (χ1v) is 5.32. The second kappa shape index (κ2) is 6.32. The van der Waals surface area contributed by atoms with Gasteiger partial charge in [0.15, 0.2) is 0 Å². The predicted octanol–water partition coefficient (Wildman–Crippen LogP) is 0.724. The Morgan fingerprint density at radius 2 is 2.29 bits per heavy atom. The van der Waals surface area contributed by atoms with E-state index in [0.29, 0.717) is 11.1 Å². The van der Waals surface area contributed by atoms with Crippen LogP contribution < -0.4 is 11.1 Å². The zero-order valence-corrected chi connectivity index (χ0v) is 10.00. The topological polar surface area (TPSA) is 64.3 Å². The molecule has 0 spiro atoms. The van der Waals surface area contributed by atoms with Crippen molar-refractivity contribution in [1.82, 2.24) is 5.32 Å². The Morgan fingerprint density at radius 1 is 1.59 bits per heavy atom. The number of ether oxygens (including phenoxy) is 1. The normalized spacial score (nSPS) is 12.2. The summed E-state index contributed by atoms with van der Waals surface area (Å²) in [7, 11) is 1.47. The lowest BCUT2D eigenvalue weighted by Gasteiger charge is -2.11. The Labute approximate surface area is 100.0 Å².